The molecule has 0 spiro atoms. The Hall–Kier alpha value is -2.83. The zero-order valence-electron chi connectivity index (χ0n) is 65.3. The molecule has 0 aromatic carbocycles. The molecule has 2 heterocycles. The van der Waals surface area contributed by atoms with Crippen LogP contribution < -0.4 is 5.32 Å². The number of rotatable bonds is 72. The Balaban J connectivity index is 1.59. The van der Waals surface area contributed by atoms with Crippen molar-refractivity contribution < 1.29 is 64.6 Å². The molecule has 2 rings (SSSR count). The number of aliphatic hydroxyl groups excluding tert-OH is 8. The highest BCUT2D eigenvalue weighted by molar-refractivity contribution is 5.76. The SMILES string of the molecule is CC/C=C\C/C=C\C/C=C\C/C=C\C/C=C\C/C=C\C/C=C\CCCCCCCCCCCCCCCC(=O)NC(COC1OC(CO)C(OC2OC(CO)C(O)C(O)C2O)C(O)C1O)C(O)CCCCCCCCCCCCCCCCCCCCCCCCCCCCCCCCCCC. The maximum atomic E-state index is 13.4. The van der Waals surface area contributed by atoms with Gasteiger partial charge in [-0.05, 0) is 70.6 Å². The van der Waals surface area contributed by atoms with Gasteiger partial charge >= 0.3 is 0 Å². The van der Waals surface area contributed by atoms with E-state index in [4.69, 9.17) is 18.9 Å². The first-order valence-electron chi connectivity index (χ1n) is 42.8. The molecule has 0 bridgehead atoms. The van der Waals surface area contributed by atoms with Crippen LogP contribution in [0.5, 0.6) is 0 Å². The van der Waals surface area contributed by atoms with Crippen LogP contribution in [0.1, 0.15) is 373 Å². The molecule has 2 aliphatic heterocycles. The Bertz CT molecular complexity index is 2040. The Morgan fingerprint density at radius 2 is 0.676 bits per heavy atom. The number of carbonyl (C=O) groups excluding carboxylic acids is 1. The molecular weight excluding hydrogens is 1280 g/mol. The van der Waals surface area contributed by atoms with Crippen LogP contribution in [0.4, 0.5) is 0 Å². The number of carbonyl (C=O) groups is 1. The fourth-order valence-electron chi connectivity index (χ4n) is 13.9. The van der Waals surface area contributed by atoms with Gasteiger partial charge in [0.25, 0.3) is 0 Å². The van der Waals surface area contributed by atoms with Crippen molar-refractivity contribution in [3.8, 4) is 0 Å². The summed E-state index contributed by atoms with van der Waals surface area (Å²) in [5, 5.41) is 88.0. The minimum absolute atomic E-state index is 0.205. The second-order valence-corrected chi connectivity index (χ2v) is 29.9. The van der Waals surface area contributed by atoms with Gasteiger partial charge in [0, 0.05) is 6.42 Å². The quantitative estimate of drug-likeness (QED) is 0.0204. The molecule has 0 aromatic rings. The number of aliphatic hydroxyl groups is 8. The van der Waals surface area contributed by atoms with Crippen LogP contribution in [0.2, 0.25) is 0 Å². The number of ether oxygens (including phenoxy) is 4. The summed E-state index contributed by atoms with van der Waals surface area (Å²) in [6, 6.07) is -0.836. The van der Waals surface area contributed by atoms with Crippen LogP contribution in [0.3, 0.4) is 0 Å². The fourth-order valence-corrected chi connectivity index (χ4v) is 13.9. The summed E-state index contributed by atoms with van der Waals surface area (Å²) in [6.45, 7) is 2.80. The van der Waals surface area contributed by atoms with E-state index in [0.29, 0.717) is 12.8 Å². The minimum Gasteiger partial charge on any atom is -0.394 e. The highest BCUT2D eigenvalue weighted by Crippen LogP contribution is 2.31. The lowest BCUT2D eigenvalue weighted by atomic mass is 9.97. The number of unbranched alkanes of at least 4 members (excludes halogenated alkanes) is 45. The summed E-state index contributed by atoms with van der Waals surface area (Å²) >= 11 is 0. The number of allylic oxidation sites excluding steroid dienone is 14. The van der Waals surface area contributed by atoms with Crippen LogP contribution in [0.15, 0.2) is 85.1 Å². The molecular formula is C88H159NO13. The van der Waals surface area contributed by atoms with Gasteiger partial charge in [0.05, 0.1) is 32.0 Å². The van der Waals surface area contributed by atoms with E-state index in [9.17, 15) is 45.6 Å². The van der Waals surface area contributed by atoms with Gasteiger partial charge in [-0.2, -0.15) is 0 Å². The molecule has 9 N–H and O–H groups in total. The lowest BCUT2D eigenvalue weighted by molar-refractivity contribution is -0.359. The molecule has 2 fully saturated rings. The molecule has 12 unspecified atom stereocenters. The third kappa shape index (κ3) is 53.0. The van der Waals surface area contributed by atoms with Crippen molar-refractivity contribution in [2.24, 2.45) is 0 Å². The maximum absolute atomic E-state index is 13.4. The van der Waals surface area contributed by atoms with Crippen LogP contribution in [0.25, 0.3) is 0 Å². The second-order valence-electron chi connectivity index (χ2n) is 29.9. The van der Waals surface area contributed by atoms with Gasteiger partial charge in [-0.1, -0.05) is 381 Å². The van der Waals surface area contributed by atoms with E-state index in [1.165, 1.54) is 244 Å². The van der Waals surface area contributed by atoms with Crippen molar-refractivity contribution in [1.29, 1.82) is 0 Å². The molecule has 0 radical (unpaired) electrons. The van der Waals surface area contributed by atoms with Crippen molar-refractivity contribution >= 4 is 5.91 Å². The topological polar surface area (TPSA) is 228 Å². The van der Waals surface area contributed by atoms with E-state index < -0.39 is 86.8 Å². The summed E-state index contributed by atoms with van der Waals surface area (Å²) in [5.74, 6) is -0.205. The smallest absolute Gasteiger partial charge is 0.220 e. The number of amides is 1. The normalized spacial score (nSPS) is 22.1. The molecule has 0 aliphatic carbocycles. The molecule has 0 aromatic heterocycles. The van der Waals surface area contributed by atoms with Gasteiger partial charge in [-0.15, -0.1) is 0 Å². The summed E-state index contributed by atoms with van der Waals surface area (Å²) in [7, 11) is 0. The molecule has 0 saturated carbocycles. The first-order valence-corrected chi connectivity index (χ1v) is 42.8. The molecule has 102 heavy (non-hydrogen) atoms. The van der Waals surface area contributed by atoms with E-state index in [1.807, 2.05) is 0 Å². The van der Waals surface area contributed by atoms with Crippen LogP contribution in [-0.2, 0) is 23.7 Å². The van der Waals surface area contributed by atoms with Gasteiger partial charge in [0.1, 0.15) is 48.8 Å². The van der Waals surface area contributed by atoms with Crippen molar-refractivity contribution in [2.75, 3.05) is 19.8 Å². The minimum atomic E-state index is -1.79. The zero-order valence-corrected chi connectivity index (χ0v) is 65.3. The maximum Gasteiger partial charge on any atom is 0.220 e. The first kappa shape index (κ1) is 95.2. The van der Waals surface area contributed by atoms with E-state index in [0.717, 1.165) is 103 Å². The third-order valence-corrected chi connectivity index (χ3v) is 20.6. The molecule has 2 aliphatic rings. The van der Waals surface area contributed by atoms with Gasteiger partial charge < -0.3 is 65.1 Å². The number of hydrogen-bond donors (Lipinski definition) is 9. The molecule has 2 saturated heterocycles. The third-order valence-electron chi connectivity index (χ3n) is 20.6. The highest BCUT2D eigenvalue weighted by Gasteiger charge is 2.51. The molecule has 14 nitrogen and oxygen atoms in total. The Labute approximate surface area is 624 Å². The summed E-state index contributed by atoms with van der Waals surface area (Å²) in [4.78, 5) is 13.4. The standard InChI is InChI=1S/C88H159NO13/c1-3-5-7-9-11-13-15-17-19-21-23-25-27-29-31-33-35-37-38-40-42-44-46-48-50-52-54-56-58-60-62-64-66-68-70-72-80(93)89-76(75-99-87-85(98)83(96)86(79(74-91)101-87)102-88-84(97)82(95)81(94)78(73-90)100-88)77(92)71-69-67-65-63-61-59-57-55-53-51-49-47-45-43-41-39-36-34-32-30-28-26-24-22-20-18-16-14-12-10-8-6-4-2/h5,7,11,13,17,19,23,25,29,31,35,37,40,42,76-79,81-88,90-92,94-98H,3-4,6,8-10,12,14-16,18,20-22,24,26-28,30,32-34,36,38-39,41,43-75H2,1-2H3,(H,89,93)/b7-5-,13-11-,19-17-,25-23-,31-29-,37-35-,42-40-. The van der Waals surface area contributed by atoms with Crippen LogP contribution in [-0.4, -0.2) is 140 Å². The van der Waals surface area contributed by atoms with Gasteiger partial charge in [0.15, 0.2) is 12.6 Å². The van der Waals surface area contributed by atoms with E-state index in [2.05, 4.69) is 104 Å². The fraction of sp³-hybridized carbons (Fsp3) is 0.830. The number of hydrogen-bond acceptors (Lipinski definition) is 13. The Morgan fingerprint density at radius 1 is 0.363 bits per heavy atom. The average molecular weight is 1440 g/mol. The number of nitrogens with one attached hydrogen (secondary N) is 1. The highest BCUT2D eigenvalue weighted by atomic mass is 16.7. The van der Waals surface area contributed by atoms with E-state index in [1.54, 1.807) is 0 Å². The van der Waals surface area contributed by atoms with Crippen molar-refractivity contribution in [3.05, 3.63) is 85.1 Å². The Morgan fingerprint density at radius 3 is 1.04 bits per heavy atom. The summed E-state index contributed by atoms with van der Waals surface area (Å²) < 4.78 is 23.0. The van der Waals surface area contributed by atoms with E-state index >= 15 is 0 Å². The molecule has 1 amide bonds. The summed E-state index contributed by atoms with van der Waals surface area (Å²) in [6.07, 6.45) is 83.5. The predicted molar refractivity (Wildman–Crippen MR) is 424 cm³/mol. The predicted octanol–water partition coefficient (Wildman–Crippen LogP) is 20.3. The van der Waals surface area contributed by atoms with Crippen molar-refractivity contribution in [1.82, 2.24) is 5.32 Å². The monoisotopic (exact) mass is 1440 g/mol. The molecule has 14 heteroatoms. The van der Waals surface area contributed by atoms with Crippen molar-refractivity contribution in [3.63, 3.8) is 0 Å². The zero-order chi connectivity index (χ0) is 73.7. The summed E-state index contributed by atoms with van der Waals surface area (Å²) in [5.41, 5.74) is 0. The molecule has 12 atom stereocenters. The van der Waals surface area contributed by atoms with Crippen molar-refractivity contribution in [2.45, 2.75) is 447 Å². The van der Waals surface area contributed by atoms with Gasteiger partial charge in [-0.25, -0.2) is 0 Å². The average Bonchev–Trinajstić information content (AvgIpc) is 0.790. The van der Waals surface area contributed by atoms with Crippen LogP contribution in [0, 0.1) is 0 Å². The molecule has 594 valence electrons. The lowest BCUT2D eigenvalue weighted by Crippen LogP contribution is -2.65. The largest absolute Gasteiger partial charge is 0.394 e. The van der Waals surface area contributed by atoms with Gasteiger partial charge in [0.2, 0.25) is 5.91 Å². The second kappa shape index (κ2) is 71.1. The first-order chi connectivity index (χ1) is 50.1. The van der Waals surface area contributed by atoms with Gasteiger partial charge in [-0.3, -0.25) is 4.79 Å². The van der Waals surface area contributed by atoms with Crippen LogP contribution >= 0.6 is 0 Å². The van der Waals surface area contributed by atoms with E-state index in [-0.39, 0.29) is 12.5 Å². The lowest BCUT2D eigenvalue weighted by Gasteiger charge is -2.46. The Kier molecular flexibility index (Phi) is 66.4.